The summed E-state index contributed by atoms with van der Waals surface area (Å²) < 4.78 is 0. The minimum Gasteiger partial charge on any atom is -0.376 e. The van der Waals surface area contributed by atoms with Crippen molar-refractivity contribution in [2.45, 2.75) is 18.9 Å². The first-order valence-corrected chi connectivity index (χ1v) is 8.15. The van der Waals surface area contributed by atoms with Crippen molar-refractivity contribution in [2.24, 2.45) is 0 Å². The Balaban J connectivity index is 1.55. The van der Waals surface area contributed by atoms with E-state index in [2.05, 4.69) is 21.9 Å². The molecular weight excluding hydrogens is 314 g/mol. The Labute approximate surface area is 146 Å². The summed E-state index contributed by atoms with van der Waals surface area (Å²) in [5.74, 6) is 2.24. The number of hydrogen-bond donors (Lipinski definition) is 3. The summed E-state index contributed by atoms with van der Waals surface area (Å²) in [6, 6.07) is 14.5. The molecule has 0 heterocycles. The molecule has 3 rings (SSSR count). The summed E-state index contributed by atoms with van der Waals surface area (Å²) in [6.45, 7) is 0.104. The Hall–Kier alpha value is -3.26. The van der Waals surface area contributed by atoms with E-state index in [-0.39, 0.29) is 18.4 Å². The number of carbonyl (C=O) groups is 2. The maximum absolute atomic E-state index is 12.1. The van der Waals surface area contributed by atoms with Crippen molar-refractivity contribution in [1.82, 2.24) is 5.32 Å². The van der Waals surface area contributed by atoms with Crippen molar-refractivity contribution in [3.8, 4) is 12.3 Å². The lowest BCUT2D eigenvalue weighted by molar-refractivity contribution is -0.114. The second-order valence-electron chi connectivity index (χ2n) is 5.96. The van der Waals surface area contributed by atoms with Gasteiger partial charge in [-0.3, -0.25) is 9.59 Å². The van der Waals surface area contributed by atoms with Gasteiger partial charge < -0.3 is 16.0 Å². The zero-order valence-electron chi connectivity index (χ0n) is 13.7. The van der Waals surface area contributed by atoms with E-state index in [4.69, 9.17) is 6.42 Å². The minimum atomic E-state index is -0.203. The zero-order valence-corrected chi connectivity index (χ0v) is 13.7. The van der Waals surface area contributed by atoms with Crippen LogP contribution in [0.3, 0.4) is 0 Å². The van der Waals surface area contributed by atoms with Crippen molar-refractivity contribution < 1.29 is 9.59 Å². The summed E-state index contributed by atoms with van der Waals surface area (Å²) in [5.41, 5.74) is 2.66. The van der Waals surface area contributed by atoms with Gasteiger partial charge in [-0.25, -0.2) is 0 Å². The van der Waals surface area contributed by atoms with Crippen LogP contribution in [0.15, 0.2) is 48.5 Å². The summed E-state index contributed by atoms with van der Waals surface area (Å²) in [4.78, 5) is 24.1. The van der Waals surface area contributed by atoms with Gasteiger partial charge >= 0.3 is 0 Å². The highest BCUT2D eigenvalue weighted by molar-refractivity contribution is 5.98. The molecule has 0 atom stereocenters. The third kappa shape index (κ3) is 4.85. The van der Waals surface area contributed by atoms with Gasteiger partial charge in [-0.05, 0) is 49.2 Å². The highest BCUT2D eigenvalue weighted by atomic mass is 16.2. The molecule has 0 bridgehead atoms. The van der Waals surface area contributed by atoms with Crippen molar-refractivity contribution in [1.29, 1.82) is 0 Å². The molecule has 0 aromatic heterocycles. The molecule has 126 valence electrons. The second kappa shape index (κ2) is 7.54. The molecule has 0 unspecified atom stereocenters. The third-order valence-corrected chi connectivity index (χ3v) is 3.80. The number of hydrogen-bond acceptors (Lipinski definition) is 3. The molecule has 1 saturated carbocycles. The maximum atomic E-state index is 12.1. The lowest BCUT2D eigenvalue weighted by Crippen LogP contribution is -2.26. The Morgan fingerprint density at radius 2 is 1.84 bits per heavy atom. The van der Waals surface area contributed by atoms with E-state index in [1.54, 1.807) is 30.3 Å². The second-order valence-corrected chi connectivity index (χ2v) is 5.96. The van der Waals surface area contributed by atoms with E-state index >= 15 is 0 Å². The predicted molar refractivity (Wildman–Crippen MR) is 98.4 cm³/mol. The first-order chi connectivity index (χ1) is 12.1. The largest absolute Gasteiger partial charge is 0.376 e. The molecule has 0 aliphatic heterocycles. The van der Waals surface area contributed by atoms with Gasteiger partial charge in [0.05, 0.1) is 6.54 Å². The average Bonchev–Trinajstić information content (AvgIpc) is 3.44. The van der Waals surface area contributed by atoms with Crippen LogP contribution in [0.4, 0.5) is 11.4 Å². The predicted octanol–water partition coefficient (Wildman–Crippen LogP) is 2.61. The van der Waals surface area contributed by atoms with Crippen LogP contribution in [0.25, 0.3) is 0 Å². The van der Waals surface area contributed by atoms with Crippen LogP contribution in [0.2, 0.25) is 0 Å². The van der Waals surface area contributed by atoms with Gasteiger partial charge in [-0.1, -0.05) is 18.1 Å². The summed E-state index contributed by atoms with van der Waals surface area (Å²) in [5, 5.41) is 8.74. The molecule has 2 amide bonds. The van der Waals surface area contributed by atoms with Crippen LogP contribution in [0.1, 0.15) is 28.8 Å². The Bertz CT molecular complexity index is 835. The van der Waals surface area contributed by atoms with Crippen LogP contribution in [0, 0.1) is 12.3 Å². The van der Waals surface area contributed by atoms with E-state index in [9.17, 15) is 9.59 Å². The van der Waals surface area contributed by atoms with E-state index in [0.29, 0.717) is 17.3 Å². The molecule has 5 nitrogen and oxygen atoms in total. The van der Waals surface area contributed by atoms with Gasteiger partial charge in [0.25, 0.3) is 5.91 Å². The molecule has 3 N–H and O–H groups in total. The lowest BCUT2D eigenvalue weighted by atomic mass is 10.2. The standard InChI is InChI=1S/C20H19N3O2/c1-2-14-5-3-7-17(11-14)21-13-19(24)22-18-8-4-6-15(12-18)20(25)23-16-9-10-16/h1,3-8,11-12,16,21H,9-10,13H2,(H,22,24)(H,23,25). The van der Waals surface area contributed by atoms with Crippen LogP contribution in [0.5, 0.6) is 0 Å². The van der Waals surface area contributed by atoms with Crippen molar-refractivity contribution >= 4 is 23.2 Å². The Morgan fingerprint density at radius 3 is 2.60 bits per heavy atom. The van der Waals surface area contributed by atoms with Crippen molar-refractivity contribution in [3.63, 3.8) is 0 Å². The summed E-state index contributed by atoms with van der Waals surface area (Å²) >= 11 is 0. The molecule has 1 aliphatic rings. The highest BCUT2D eigenvalue weighted by Gasteiger charge is 2.23. The SMILES string of the molecule is C#Cc1cccc(NCC(=O)Nc2cccc(C(=O)NC3CC3)c2)c1. The van der Waals surface area contributed by atoms with E-state index in [1.165, 1.54) is 0 Å². The number of benzene rings is 2. The molecule has 1 fully saturated rings. The van der Waals surface area contributed by atoms with E-state index in [1.807, 2.05) is 18.2 Å². The quantitative estimate of drug-likeness (QED) is 0.712. The van der Waals surface area contributed by atoms with Gasteiger partial charge in [-0.15, -0.1) is 6.42 Å². The number of rotatable bonds is 6. The van der Waals surface area contributed by atoms with Gasteiger partial charge in [0, 0.05) is 28.5 Å². The molecule has 0 spiro atoms. The fraction of sp³-hybridized carbons (Fsp3) is 0.200. The fourth-order valence-corrected chi connectivity index (χ4v) is 2.34. The number of nitrogens with one attached hydrogen (secondary N) is 3. The van der Waals surface area contributed by atoms with Crippen LogP contribution in [-0.2, 0) is 4.79 Å². The third-order valence-electron chi connectivity index (χ3n) is 3.80. The van der Waals surface area contributed by atoms with Gasteiger partial charge in [0.1, 0.15) is 0 Å². The van der Waals surface area contributed by atoms with Gasteiger partial charge in [0.15, 0.2) is 0 Å². The summed E-state index contributed by atoms with van der Waals surface area (Å²) in [7, 11) is 0. The topological polar surface area (TPSA) is 70.2 Å². The monoisotopic (exact) mass is 333 g/mol. The smallest absolute Gasteiger partial charge is 0.251 e. The van der Waals surface area contributed by atoms with E-state index < -0.39 is 0 Å². The molecule has 2 aromatic carbocycles. The minimum absolute atomic E-state index is 0.104. The first-order valence-electron chi connectivity index (χ1n) is 8.15. The van der Waals surface area contributed by atoms with E-state index in [0.717, 1.165) is 24.1 Å². The molecule has 2 aromatic rings. The Kier molecular flexibility index (Phi) is 5.00. The highest BCUT2D eigenvalue weighted by Crippen LogP contribution is 2.20. The van der Waals surface area contributed by atoms with Crippen LogP contribution < -0.4 is 16.0 Å². The van der Waals surface area contributed by atoms with Gasteiger partial charge in [0.2, 0.25) is 5.91 Å². The zero-order chi connectivity index (χ0) is 17.6. The fourth-order valence-electron chi connectivity index (χ4n) is 2.34. The molecule has 5 heteroatoms. The normalized spacial score (nSPS) is 12.8. The maximum Gasteiger partial charge on any atom is 0.251 e. The number of anilines is 2. The molecule has 0 saturated heterocycles. The molecule has 25 heavy (non-hydrogen) atoms. The number of amides is 2. The van der Waals surface area contributed by atoms with Crippen molar-refractivity contribution in [3.05, 3.63) is 59.7 Å². The molecule has 1 aliphatic carbocycles. The lowest BCUT2D eigenvalue weighted by Gasteiger charge is -2.09. The Morgan fingerprint density at radius 1 is 1.08 bits per heavy atom. The molecular formula is C20H19N3O2. The number of terminal acetylenes is 1. The van der Waals surface area contributed by atoms with Crippen LogP contribution >= 0.6 is 0 Å². The number of carbonyl (C=O) groups excluding carboxylic acids is 2. The average molecular weight is 333 g/mol. The summed E-state index contributed by atoms with van der Waals surface area (Å²) in [6.07, 6.45) is 7.43. The van der Waals surface area contributed by atoms with Gasteiger partial charge in [-0.2, -0.15) is 0 Å². The first kappa shape index (κ1) is 16.6. The van der Waals surface area contributed by atoms with Crippen LogP contribution in [-0.4, -0.2) is 24.4 Å². The molecule has 0 radical (unpaired) electrons. The van der Waals surface area contributed by atoms with Crippen molar-refractivity contribution in [2.75, 3.05) is 17.2 Å².